The van der Waals surface area contributed by atoms with Crippen molar-refractivity contribution in [3.05, 3.63) is 23.3 Å². The topological polar surface area (TPSA) is 26.0 Å². The van der Waals surface area contributed by atoms with Gasteiger partial charge in [-0.2, -0.15) is 13.2 Å². The van der Waals surface area contributed by atoms with Crippen molar-refractivity contribution < 1.29 is 13.2 Å². The van der Waals surface area contributed by atoms with Gasteiger partial charge in [-0.3, -0.25) is 0 Å². The lowest BCUT2D eigenvalue weighted by atomic mass is 10.1. The first-order chi connectivity index (χ1) is 7.87. The van der Waals surface area contributed by atoms with Crippen LogP contribution in [0.15, 0.2) is 17.0 Å². The Hall–Kier alpha value is -0.840. The van der Waals surface area contributed by atoms with Crippen molar-refractivity contribution in [2.75, 3.05) is 11.5 Å². The number of nitrogen functional groups attached to an aromatic ring is 1. The maximum atomic E-state index is 12.2. The van der Waals surface area contributed by atoms with Gasteiger partial charge in [0.25, 0.3) is 0 Å². The molecule has 0 fully saturated rings. The van der Waals surface area contributed by atoms with E-state index in [4.69, 9.17) is 5.73 Å². The summed E-state index contributed by atoms with van der Waals surface area (Å²) < 4.78 is 36.5. The zero-order valence-electron chi connectivity index (χ0n) is 9.90. The standard InChI is InChI=1S/C12H16F3NS/c1-3-8-5-9(4-2)11(6-10(8)16)17-7-12(13,14)15/h5-6H,3-4,7,16H2,1-2H3. The van der Waals surface area contributed by atoms with Gasteiger partial charge in [0, 0.05) is 10.6 Å². The quantitative estimate of drug-likeness (QED) is 0.655. The lowest BCUT2D eigenvalue weighted by Crippen LogP contribution is -2.11. The molecule has 0 bridgehead atoms. The van der Waals surface area contributed by atoms with Gasteiger partial charge in [-0.1, -0.05) is 19.9 Å². The molecular weight excluding hydrogens is 247 g/mol. The average molecular weight is 263 g/mol. The van der Waals surface area contributed by atoms with E-state index >= 15 is 0 Å². The van der Waals surface area contributed by atoms with Gasteiger partial charge >= 0.3 is 6.18 Å². The van der Waals surface area contributed by atoms with Gasteiger partial charge < -0.3 is 5.73 Å². The fourth-order valence-electron chi connectivity index (χ4n) is 1.57. The number of aryl methyl sites for hydroxylation is 2. The molecular formula is C12H16F3NS. The van der Waals surface area contributed by atoms with E-state index in [2.05, 4.69) is 0 Å². The number of alkyl halides is 3. The van der Waals surface area contributed by atoms with Crippen LogP contribution in [0.2, 0.25) is 0 Å². The Balaban J connectivity index is 2.95. The van der Waals surface area contributed by atoms with Crippen LogP contribution in [0.5, 0.6) is 0 Å². The summed E-state index contributed by atoms with van der Waals surface area (Å²) in [5.74, 6) is -0.870. The molecule has 0 radical (unpaired) electrons. The molecule has 2 N–H and O–H groups in total. The summed E-state index contributed by atoms with van der Waals surface area (Å²) in [5.41, 5.74) is 8.31. The van der Waals surface area contributed by atoms with Gasteiger partial charge in [-0.15, -0.1) is 11.8 Å². The van der Waals surface area contributed by atoms with Gasteiger partial charge in [0.1, 0.15) is 0 Å². The highest BCUT2D eigenvalue weighted by atomic mass is 32.2. The molecule has 0 aliphatic rings. The van der Waals surface area contributed by atoms with Crippen LogP contribution >= 0.6 is 11.8 Å². The normalized spacial score (nSPS) is 11.8. The summed E-state index contributed by atoms with van der Waals surface area (Å²) in [5, 5.41) is 0. The molecule has 1 aromatic rings. The molecule has 96 valence electrons. The van der Waals surface area contributed by atoms with E-state index in [9.17, 15) is 13.2 Å². The smallest absolute Gasteiger partial charge is 0.398 e. The van der Waals surface area contributed by atoms with E-state index in [-0.39, 0.29) is 0 Å². The van der Waals surface area contributed by atoms with Crippen molar-refractivity contribution >= 4 is 17.4 Å². The van der Waals surface area contributed by atoms with Crippen LogP contribution in [0.3, 0.4) is 0 Å². The van der Waals surface area contributed by atoms with E-state index < -0.39 is 11.9 Å². The molecule has 5 heteroatoms. The highest BCUT2D eigenvalue weighted by Gasteiger charge is 2.27. The van der Waals surface area contributed by atoms with Crippen molar-refractivity contribution in [3.63, 3.8) is 0 Å². The molecule has 0 aliphatic heterocycles. The zero-order chi connectivity index (χ0) is 13.1. The van der Waals surface area contributed by atoms with Crippen LogP contribution in [-0.4, -0.2) is 11.9 Å². The lowest BCUT2D eigenvalue weighted by molar-refractivity contribution is -0.105. The Morgan fingerprint density at radius 3 is 2.18 bits per heavy atom. The Morgan fingerprint density at radius 1 is 1.12 bits per heavy atom. The highest BCUT2D eigenvalue weighted by molar-refractivity contribution is 7.99. The van der Waals surface area contributed by atoms with Crippen LogP contribution < -0.4 is 5.73 Å². The summed E-state index contributed by atoms with van der Waals surface area (Å²) in [4.78, 5) is 0.638. The van der Waals surface area contributed by atoms with Crippen molar-refractivity contribution in [3.8, 4) is 0 Å². The molecule has 1 aromatic carbocycles. The number of nitrogens with two attached hydrogens (primary N) is 1. The SMILES string of the molecule is CCc1cc(CC)c(SCC(F)(F)F)cc1N. The molecule has 0 unspecified atom stereocenters. The second-order valence-corrected chi connectivity index (χ2v) is 4.79. The molecule has 0 spiro atoms. The van der Waals surface area contributed by atoms with Gasteiger partial charge in [0.2, 0.25) is 0 Å². The third-order valence-corrected chi connectivity index (χ3v) is 3.64. The monoisotopic (exact) mass is 263 g/mol. The first-order valence-corrected chi connectivity index (χ1v) is 6.46. The number of halogens is 3. The summed E-state index contributed by atoms with van der Waals surface area (Å²) in [6.07, 6.45) is -2.63. The second kappa shape index (κ2) is 5.67. The molecule has 0 amide bonds. The van der Waals surface area contributed by atoms with Crippen molar-refractivity contribution in [1.29, 1.82) is 0 Å². The molecule has 0 atom stereocenters. The summed E-state index contributed by atoms with van der Waals surface area (Å²) in [7, 11) is 0. The number of thioether (sulfide) groups is 1. The molecule has 0 saturated carbocycles. The van der Waals surface area contributed by atoms with Gasteiger partial charge in [0.15, 0.2) is 0 Å². The minimum Gasteiger partial charge on any atom is -0.398 e. The molecule has 0 aromatic heterocycles. The van der Waals surface area contributed by atoms with E-state index in [1.165, 1.54) is 0 Å². The maximum absolute atomic E-state index is 12.2. The van der Waals surface area contributed by atoms with Crippen molar-refractivity contribution in [2.45, 2.75) is 37.8 Å². The summed E-state index contributed by atoms with van der Waals surface area (Å²) in [6, 6.07) is 3.57. The molecule has 1 rings (SSSR count). The van der Waals surface area contributed by atoms with Gasteiger partial charge in [0.05, 0.1) is 5.75 Å². The molecule has 17 heavy (non-hydrogen) atoms. The van der Waals surface area contributed by atoms with Crippen molar-refractivity contribution in [2.24, 2.45) is 0 Å². The minimum absolute atomic E-state index is 0.578. The number of benzene rings is 1. The Labute approximate surface area is 104 Å². The fraction of sp³-hybridized carbons (Fsp3) is 0.500. The average Bonchev–Trinajstić information content (AvgIpc) is 2.25. The van der Waals surface area contributed by atoms with Crippen LogP contribution in [0.4, 0.5) is 18.9 Å². The van der Waals surface area contributed by atoms with Crippen molar-refractivity contribution in [1.82, 2.24) is 0 Å². The number of rotatable bonds is 4. The number of anilines is 1. The largest absolute Gasteiger partial charge is 0.398 e. The van der Waals surface area contributed by atoms with Crippen LogP contribution in [0.25, 0.3) is 0 Å². The lowest BCUT2D eigenvalue weighted by Gasteiger charge is -2.13. The van der Waals surface area contributed by atoms with E-state index in [1.807, 2.05) is 19.9 Å². The molecule has 1 nitrogen and oxygen atoms in total. The number of hydrogen-bond acceptors (Lipinski definition) is 2. The van der Waals surface area contributed by atoms with Crippen LogP contribution in [0, 0.1) is 0 Å². The highest BCUT2D eigenvalue weighted by Crippen LogP contribution is 2.32. The molecule has 0 saturated heterocycles. The second-order valence-electron chi connectivity index (χ2n) is 3.77. The van der Waals surface area contributed by atoms with Gasteiger partial charge in [-0.25, -0.2) is 0 Å². The number of hydrogen-bond donors (Lipinski definition) is 1. The fourth-order valence-corrected chi connectivity index (χ4v) is 2.49. The van der Waals surface area contributed by atoms with Gasteiger partial charge in [-0.05, 0) is 30.0 Å². The Bertz CT molecular complexity index is 388. The first-order valence-electron chi connectivity index (χ1n) is 5.48. The Kier molecular flexibility index (Phi) is 4.74. The zero-order valence-corrected chi connectivity index (χ0v) is 10.7. The predicted molar refractivity (Wildman–Crippen MR) is 66.4 cm³/mol. The van der Waals surface area contributed by atoms with E-state index in [1.54, 1.807) is 6.07 Å². The first kappa shape index (κ1) is 14.2. The minimum atomic E-state index is -4.14. The van der Waals surface area contributed by atoms with E-state index in [0.29, 0.717) is 17.0 Å². The van der Waals surface area contributed by atoms with Crippen LogP contribution in [-0.2, 0) is 12.8 Å². The summed E-state index contributed by atoms with van der Waals surface area (Å²) in [6.45, 7) is 3.91. The molecule has 0 heterocycles. The molecule has 0 aliphatic carbocycles. The third-order valence-electron chi connectivity index (χ3n) is 2.48. The van der Waals surface area contributed by atoms with E-state index in [0.717, 1.165) is 29.3 Å². The summed E-state index contributed by atoms with van der Waals surface area (Å²) >= 11 is 0.807. The predicted octanol–water partition coefficient (Wildman–Crippen LogP) is 4.05. The maximum Gasteiger partial charge on any atom is 0.398 e. The Morgan fingerprint density at radius 2 is 1.71 bits per heavy atom. The van der Waals surface area contributed by atoms with Crippen LogP contribution in [0.1, 0.15) is 25.0 Å². The third kappa shape index (κ3) is 4.15.